The Morgan fingerprint density at radius 1 is 1.40 bits per heavy atom. The maximum atomic E-state index is 4.55. The monoisotopic (exact) mass is 266 g/mol. The molecular weight excluding hydrogens is 256 g/mol. The van der Waals surface area contributed by atoms with Crippen LogP contribution in [0.4, 0.5) is 5.82 Å². The van der Waals surface area contributed by atoms with Crippen LogP contribution in [0.2, 0.25) is 0 Å². The van der Waals surface area contributed by atoms with Gasteiger partial charge in [-0.15, -0.1) is 0 Å². The third-order valence-corrected chi connectivity index (χ3v) is 3.61. The minimum absolute atomic E-state index is 0.898. The average molecular weight is 267 g/mol. The van der Waals surface area contributed by atoms with Crippen LogP contribution < -0.4 is 4.90 Å². The van der Waals surface area contributed by atoms with Gasteiger partial charge in [-0.2, -0.15) is 0 Å². The molecule has 1 aliphatic rings. The zero-order valence-corrected chi connectivity index (χ0v) is 10.0. The largest absolute Gasteiger partial charge is 0.353 e. The van der Waals surface area contributed by atoms with Gasteiger partial charge in [-0.3, -0.25) is 4.40 Å². The van der Waals surface area contributed by atoms with Crippen LogP contribution in [0.1, 0.15) is 12.1 Å². The van der Waals surface area contributed by atoms with Gasteiger partial charge in [0.15, 0.2) is 11.5 Å². The normalized spacial score (nSPS) is 15.7. The fraction of sp³-hybridized carbons (Fsp3) is 0.400. The second-order valence-corrected chi connectivity index (χ2v) is 4.52. The first-order chi connectivity index (χ1) is 7.27. The molecule has 15 heavy (non-hydrogen) atoms. The van der Waals surface area contributed by atoms with E-state index in [1.807, 2.05) is 19.3 Å². The van der Waals surface area contributed by atoms with Crippen molar-refractivity contribution in [2.24, 2.45) is 0 Å². The SMILES string of the molecule is Cc1c(Br)nc(N2CCC2)c2nccn12. The van der Waals surface area contributed by atoms with E-state index in [2.05, 4.69) is 35.2 Å². The number of anilines is 1. The maximum Gasteiger partial charge on any atom is 0.180 e. The van der Waals surface area contributed by atoms with Crippen molar-refractivity contribution in [2.45, 2.75) is 13.3 Å². The summed E-state index contributed by atoms with van der Waals surface area (Å²) in [6.07, 6.45) is 5.04. The highest BCUT2D eigenvalue weighted by Gasteiger charge is 2.21. The van der Waals surface area contributed by atoms with Crippen molar-refractivity contribution >= 4 is 27.4 Å². The number of hydrogen-bond acceptors (Lipinski definition) is 3. The molecule has 78 valence electrons. The van der Waals surface area contributed by atoms with Crippen molar-refractivity contribution in [2.75, 3.05) is 18.0 Å². The van der Waals surface area contributed by atoms with E-state index >= 15 is 0 Å². The lowest BCUT2D eigenvalue weighted by molar-refractivity contribution is 0.609. The van der Waals surface area contributed by atoms with Crippen molar-refractivity contribution < 1.29 is 0 Å². The molecule has 0 N–H and O–H groups in total. The average Bonchev–Trinajstić information content (AvgIpc) is 2.59. The van der Waals surface area contributed by atoms with E-state index in [1.165, 1.54) is 6.42 Å². The van der Waals surface area contributed by atoms with Crippen LogP contribution in [-0.4, -0.2) is 27.5 Å². The number of aryl methyl sites for hydroxylation is 1. The molecule has 0 saturated carbocycles. The Balaban J connectivity index is 2.28. The number of fused-ring (bicyclic) bond motifs is 1. The molecule has 0 aliphatic carbocycles. The smallest absolute Gasteiger partial charge is 0.180 e. The highest BCUT2D eigenvalue weighted by atomic mass is 79.9. The van der Waals surface area contributed by atoms with Gasteiger partial charge in [0.05, 0.1) is 5.69 Å². The van der Waals surface area contributed by atoms with Crippen LogP contribution in [-0.2, 0) is 0 Å². The van der Waals surface area contributed by atoms with Crippen molar-refractivity contribution in [1.82, 2.24) is 14.4 Å². The summed E-state index contributed by atoms with van der Waals surface area (Å²) < 4.78 is 2.97. The van der Waals surface area contributed by atoms with E-state index in [9.17, 15) is 0 Å². The van der Waals surface area contributed by atoms with Crippen molar-refractivity contribution in [3.63, 3.8) is 0 Å². The highest BCUT2D eigenvalue weighted by molar-refractivity contribution is 9.10. The molecule has 1 fully saturated rings. The van der Waals surface area contributed by atoms with E-state index in [0.29, 0.717) is 0 Å². The molecule has 4 nitrogen and oxygen atoms in total. The van der Waals surface area contributed by atoms with E-state index in [-0.39, 0.29) is 0 Å². The van der Waals surface area contributed by atoms with Crippen molar-refractivity contribution in [3.8, 4) is 0 Å². The van der Waals surface area contributed by atoms with Gasteiger partial charge in [0, 0.05) is 25.5 Å². The summed E-state index contributed by atoms with van der Waals surface area (Å²) >= 11 is 3.49. The molecule has 2 aromatic rings. The van der Waals surface area contributed by atoms with Crippen LogP contribution in [0.5, 0.6) is 0 Å². The molecule has 3 rings (SSSR count). The van der Waals surface area contributed by atoms with Crippen molar-refractivity contribution in [3.05, 3.63) is 22.7 Å². The topological polar surface area (TPSA) is 33.4 Å². The Labute approximate surface area is 96.1 Å². The maximum absolute atomic E-state index is 4.55. The molecule has 1 saturated heterocycles. The highest BCUT2D eigenvalue weighted by Crippen LogP contribution is 2.26. The molecule has 0 bridgehead atoms. The van der Waals surface area contributed by atoms with Gasteiger partial charge in [-0.05, 0) is 29.3 Å². The molecule has 0 atom stereocenters. The minimum Gasteiger partial charge on any atom is -0.353 e. The first-order valence-electron chi connectivity index (χ1n) is 5.01. The lowest BCUT2D eigenvalue weighted by atomic mass is 10.2. The summed E-state index contributed by atoms with van der Waals surface area (Å²) in [5.41, 5.74) is 2.04. The van der Waals surface area contributed by atoms with Crippen LogP contribution >= 0.6 is 15.9 Å². The van der Waals surface area contributed by atoms with Gasteiger partial charge in [-0.1, -0.05) is 0 Å². The molecule has 0 radical (unpaired) electrons. The predicted molar refractivity (Wildman–Crippen MR) is 62.3 cm³/mol. The Hall–Kier alpha value is -1.10. The Bertz CT molecular complexity index is 515. The van der Waals surface area contributed by atoms with Gasteiger partial charge in [0.25, 0.3) is 0 Å². The second kappa shape index (κ2) is 3.20. The Morgan fingerprint density at radius 2 is 2.20 bits per heavy atom. The fourth-order valence-electron chi connectivity index (χ4n) is 1.80. The lowest BCUT2D eigenvalue weighted by Crippen LogP contribution is -2.38. The van der Waals surface area contributed by atoms with Crippen LogP contribution in [0.3, 0.4) is 0 Å². The molecule has 0 unspecified atom stereocenters. The molecule has 2 aromatic heterocycles. The van der Waals surface area contributed by atoms with E-state index in [0.717, 1.165) is 34.9 Å². The summed E-state index contributed by atoms with van der Waals surface area (Å²) in [5, 5.41) is 0. The summed E-state index contributed by atoms with van der Waals surface area (Å²) in [4.78, 5) is 11.2. The lowest BCUT2D eigenvalue weighted by Gasteiger charge is -2.32. The van der Waals surface area contributed by atoms with E-state index in [1.54, 1.807) is 0 Å². The van der Waals surface area contributed by atoms with Crippen molar-refractivity contribution in [1.29, 1.82) is 0 Å². The number of hydrogen-bond donors (Lipinski definition) is 0. The molecule has 0 spiro atoms. The summed E-state index contributed by atoms with van der Waals surface area (Å²) in [5.74, 6) is 0.990. The molecule has 3 heterocycles. The number of imidazole rings is 1. The summed E-state index contributed by atoms with van der Waals surface area (Å²) in [6, 6.07) is 0. The zero-order chi connectivity index (χ0) is 10.4. The van der Waals surface area contributed by atoms with Gasteiger partial charge in [0.2, 0.25) is 0 Å². The summed E-state index contributed by atoms with van der Waals surface area (Å²) in [7, 11) is 0. The molecular formula is C10H11BrN4. The van der Waals surface area contributed by atoms with Crippen LogP contribution in [0.25, 0.3) is 5.65 Å². The van der Waals surface area contributed by atoms with E-state index in [4.69, 9.17) is 0 Å². The second-order valence-electron chi connectivity index (χ2n) is 3.77. The number of rotatable bonds is 1. The number of aromatic nitrogens is 3. The Morgan fingerprint density at radius 3 is 2.87 bits per heavy atom. The standard InChI is InChI=1S/C10H11BrN4/c1-7-8(11)13-10(14-4-2-5-14)9-12-3-6-15(7)9/h3,6H,2,4-5H2,1H3. The molecule has 0 aromatic carbocycles. The number of halogens is 1. The first kappa shape index (κ1) is 9.15. The predicted octanol–water partition coefficient (Wildman–Crippen LogP) is 2.01. The van der Waals surface area contributed by atoms with Gasteiger partial charge in [0.1, 0.15) is 4.60 Å². The molecule has 0 amide bonds. The third-order valence-electron chi connectivity index (χ3n) is 2.86. The van der Waals surface area contributed by atoms with Gasteiger partial charge >= 0.3 is 0 Å². The zero-order valence-electron chi connectivity index (χ0n) is 8.44. The quantitative estimate of drug-likeness (QED) is 0.792. The summed E-state index contributed by atoms with van der Waals surface area (Å²) in [6.45, 7) is 4.21. The first-order valence-corrected chi connectivity index (χ1v) is 5.81. The van der Waals surface area contributed by atoms with Crippen LogP contribution in [0, 0.1) is 6.92 Å². The Kier molecular flexibility index (Phi) is 1.95. The fourth-order valence-corrected chi connectivity index (χ4v) is 2.16. The van der Waals surface area contributed by atoms with Crippen LogP contribution in [0.15, 0.2) is 17.0 Å². The molecule has 1 aliphatic heterocycles. The van der Waals surface area contributed by atoms with Gasteiger partial charge < -0.3 is 4.90 Å². The van der Waals surface area contributed by atoms with Gasteiger partial charge in [-0.25, -0.2) is 9.97 Å². The minimum atomic E-state index is 0.898. The number of nitrogens with zero attached hydrogens (tertiary/aromatic N) is 4. The van der Waals surface area contributed by atoms with E-state index < -0.39 is 0 Å². The third kappa shape index (κ3) is 1.26. The molecule has 5 heteroatoms.